The lowest BCUT2D eigenvalue weighted by atomic mass is 10.2. The molecular weight excluding hydrogens is 328 g/mol. The first-order valence-corrected chi connectivity index (χ1v) is 9.02. The number of carbonyl (C=O) groups is 1. The molecule has 2 aromatic rings. The van der Waals surface area contributed by atoms with E-state index in [0.717, 1.165) is 0 Å². The van der Waals surface area contributed by atoms with Gasteiger partial charge in [-0.3, -0.25) is 4.79 Å². The number of nitrogens with two attached hydrogens (primary N) is 1. The fourth-order valence-electron chi connectivity index (χ4n) is 2.71. The molecule has 1 aromatic carbocycles. The van der Waals surface area contributed by atoms with E-state index in [9.17, 15) is 13.2 Å². The number of anilines is 2. The third kappa shape index (κ3) is 3.24. The minimum Gasteiger partial charge on any atom is -0.399 e. The van der Waals surface area contributed by atoms with Gasteiger partial charge >= 0.3 is 0 Å². The predicted octanol–water partition coefficient (Wildman–Crippen LogP) is 1.46. The summed E-state index contributed by atoms with van der Waals surface area (Å²) in [4.78, 5) is 16.6. The standard InChI is InChI=1S/C16H18N4O3S/c17-12-6-8-13(9-7-12)24(22,23)20-11-3-4-14(20)16(21)19-15-5-1-2-10-18-15/h1-2,5-10,14H,3-4,11,17H2,(H,18,19,21). The van der Waals surface area contributed by atoms with Crippen LogP contribution < -0.4 is 11.1 Å². The van der Waals surface area contributed by atoms with Crippen molar-refractivity contribution in [1.29, 1.82) is 0 Å². The number of aromatic nitrogens is 1. The number of hydrogen-bond acceptors (Lipinski definition) is 5. The molecule has 1 unspecified atom stereocenters. The molecule has 1 aliphatic rings. The number of nitrogens with zero attached hydrogens (tertiary/aromatic N) is 2. The molecule has 24 heavy (non-hydrogen) atoms. The molecule has 0 aliphatic carbocycles. The zero-order valence-electron chi connectivity index (χ0n) is 12.9. The Bertz CT molecular complexity index is 822. The van der Waals surface area contributed by atoms with E-state index < -0.39 is 16.1 Å². The first-order chi connectivity index (χ1) is 11.5. The molecule has 1 amide bonds. The summed E-state index contributed by atoms with van der Waals surface area (Å²) in [6, 6.07) is 10.4. The quantitative estimate of drug-likeness (QED) is 0.815. The average molecular weight is 346 g/mol. The largest absolute Gasteiger partial charge is 0.399 e. The molecule has 0 radical (unpaired) electrons. The molecule has 1 atom stereocenters. The fraction of sp³-hybridized carbons (Fsp3) is 0.250. The fourth-order valence-corrected chi connectivity index (χ4v) is 4.37. The molecule has 0 saturated carbocycles. The molecule has 0 spiro atoms. The summed E-state index contributed by atoms with van der Waals surface area (Å²) < 4.78 is 26.9. The molecule has 7 nitrogen and oxygen atoms in total. The number of nitrogen functional groups attached to an aromatic ring is 1. The van der Waals surface area contributed by atoms with Crippen LogP contribution in [0.3, 0.4) is 0 Å². The first kappa shape index (κ1) is 16.4. The molecule has 1 aliphatic heterocycles. The number of hydrogen-bond donors (Lipinski definition) is 2. The monoisotopic (exact) mass is 346 g/mol. The van der Waals surface area contributed by atoms with Crippen molar-refractivity contribution in [3.8, 4) is 0 Å². The predicted molar refractivity (Wildman–Crippen MR) is 90.6 cm³/mol. The van der Waals surface area contributed by atoms with E-state index in [1.807, 2.05) is 0 Å². The minimum absolute atomic E-state index is 0.134. The molecule has 8 heteroatoms. The lowest BCUT2D eigenvalue weighted by Crippen LogP contribution is -2.43. The first-order valence-electron chi connectivity index (χ1n) is 7.58. The number of benzene rings is 1. The number of nitrogens with one attached hydrogen (secondary N) is 1. The van der Waals surface area contributed by atoms with Crippen LogP contribution in [-0.4, -0.2) is 36.2 Å². The molecule has 1 fully saturated rings. The van der Waals surface area contributed by atoms with Gasteiger partial charge in [0.25, 0.3) is 0 Å². The minimum atomic E-state index is -3.75. The van der Waals surface area contributed by atoms with Crippen molar-refractivity contribution < 1.29 is 13.2 Å². The topological polar surface area (TPSA) is 105 Å². The Labute approximate surface area is 140 Å². The average Bonchev–Trinajstić information content (AvgIpc) is 3.07. The second-order valence-corrected chi connectivity index (χ2v) is 7.44. The van der Waals surface area contributed by atoms with Gasteiger partial charge in [-0.2, -0.15) is 4.31 Å². The van der Waals surface area contributed by atoms with Gasteiger partial charge < -0.3 is 11.1 Å². The molecule has 1 saturated heterocycles. The third-order valence-electron chi connectivity index (χ3n) is 3.91. The van der Waals surface area contributed by atoms with E-state index in [2.05, 4.69) is 10.3 Å². The van der Waals surface area contributed by atoms with Crippen LogP contribution in [0, 0.1) is 0 Å². The van der Waals surface area contributed by atoms with Crippen LogP contribution in [-0.2, 0) is 14.8 Å². The van der Waals surface area contributed by atoms with Gasteiger partial charge in [-0.15, -0.1) is 0 Å². The number of rotatable bonds is 4. The van der Waals surface area contributed by atoms with Gasteiger partial charge in [-0.05, 0) is 49.2 Å². The molecule has 3 rings (SSSR count). The maximum Gasteiger partial charge on any atom is 0.243 e. The van der Waals surface area contributed by atoms with Crippen LogP contribution in [0.4, 0.5) is 11.5 Å². The molecule has 3 N–H and O–H groups in total. The Balaban J connectivity index is 1.82. The maximum absolute atomic E-state index is 12.8. The Morgan fingerprint density at radius 1 is 1.21 bits per heavy atom. The van der Waals surface area contributed by atoms with Crippen LogP contribution in [0.5, 0.6) is 0 Å². The van der Waals surface area contributed by atoms with Gasteiger partial charge in [0.2, 0.25) is 15.9 Å². The maximum atomic E-state index is 12.8. The summed E-state index contributed by atoms with van der Waals surface area (Å²) in [5, 5.41) is 2.67. The number of sulfonamides is 1. The summed E-state index contributed by atoms with van der Waals surface area (Å²) in [7, 11) is -3.75. The van der Waals surface area contributed by atoms with Gasteiger partial charge in [0, 0.05) is 18.4 Å². The Morgan fingerprint density at radius 2 is 1.96 bits per heavy atom. The van der Waals surface area contributed by atoms with Crippen molar-refractivity contribution >= 4 is 27.4 Å². The van der Waals surface area contributed by atoms with E-state index in [0.29, 0.717) is 30.9 Å². The number of amides is 1. The summed E-state index contributed by atoms with van der Waals surface area (Å²) in [6.07, 6.45) is 2.68. The van der Waals surface area contributed by atoms with E-state index >= 15 is 0 Å². The normalized spacial score (nSPS) is 18.4. The summed E-state index contributed by atoms with van der Waals surface area (Å²) in [5.74, 6) is 0.0319. The van der Waals surface area contributed by atoms with E-state index in [1.54, 1.807) is 24.4 Å². The van der Waals surface area contributed by atoms with Crippen molar-refractivity contribution in [2.45, 2.75) is 23.8 Å². The van der Waals surface area contributed by atoms with Crippen LogP contribution in [0.2, 0.25) is 0 Å². The third-order valence-corrected chi connectivity index (χ3v) is 5.83. The smallest absolute Gasteiger partial charge is 0.243 e. The van der Waals surface area contributed by atoms with E-state index in [1.165, 1.54) is 28.6 Å². The highest BCUT2D eigenvalue weighted by Gasteiger charge is 2.39. The van der Waals surface area contributed by atoms with E-state index in [-0.39, 0.29) is 10.8 Å². The zero-order chi connectivity index (χ0) is 17.2. The van der Waals surface area contributed by atoms with Crippen molar-refractivity contribution in [2.24, 2.45) is 0 Å². The summed E-state index contributed by atoms with van der Waals surface area (Å²) in [6.45, 7) is 0.313. The van der Waals surface area contributed by atoms with Crippen molar-refractivity contribution in [2.75, 3.05) is 17.6 Å². The number of carbonyl (C=O) groups excluding carboxylic acids is 1. The molecule has 1 aromatic heterocycles. The molecule has 0 bridgehead atoms. The van der Waals surface area contributed by atoms with E-state index in [4.69, 9.17) is 5.73 Å². The lowest BCUT2D eigenvalue weighted by molar-refractivity contribution is -0.119. The second-order valence-electron chi connectivity index (χ2n) is 5.55. The highest BCUT2D eigenvalue weighted by Crippen LogP contribution is 2.27. The van der Waals surface area contributed by atoms with Gasteiger partial charge in [-0.1, -0.05) is 6.07 Å². The summed E-state index contributed by atoms with van der Waals surface area (Å²) in [5.41, 5.74) is 6.09. The zero-order valence-corrected chi connectivity index (χ0v) is 13.7. The summed E-state index contributed by atoms with van der Waals surface area (Å²) >= 11 is 0. The highest BCUT2D eigenvalue weighted by atomic mass is 32.2. The van der Waals surface area contributed by atoms with Crippen molar-refractivity contribution in [3.63, 3.8) is 0 Å². The SMILES string of the molecule is Nc1ccc(S(=O)(=O)N2CCCC2C(=O)Nc2ccccn2)cc1. The second kappa shape index (κ2) is 6.58. The Kier molecular flexibility index (Phi) is 4.50. The van der Waals surface area contributed by atoms with Gasteiger partial charge in [0.1, 0.15) is 11.9 Å². The van der Waals surface area contributed by atoms with Gasteiger partial charge in [0.15, 0.2) is 0 Å². The van der Waals surface area contributed by atoms with Crippen LogP contribution in [0.15, 0.2) is 53.6 Å². The molecule has 126 valence electrons. The van der Waals surface area contributed by atoms with Crippen LogP contribution in [0.1, 0.15) is 12.8 Å². The van der Waals surface area contributed by atoms with Crippen LogP contribution >= 0.6 is 0 Å². The van der Waals surface area contributed by atoms with Crippen molar-refractivity contribution in [3.05, 3.63) is 48.7 Å². The Morgan fingerprint density at radius 3 is 2.62 bits per heavy atom. The van der Waals surface area contributed by atoms with Crippen molar-refractivity contribution in [1.82, 2.24) is 9.29 Å². The van der Waals surface area contributed by atoms with Gasteiger partial charge in [0.05, 0.1) is 4.90 Å². The number of pyridine rings is 1. The van der Waals surface area contributed by atoms with Gasteiger partial charge in [-0.25, -0.2) is 13.4 Å². The van der Waals surface area contributed by atoms with Crippen LogP contribution in [0.25, 0.3) is 0 Å². The lowest BCUT2D eigenvalue weighted by Gasteiger charge is -2.23. The molecular formula is C16H18N4O3S. The Hall–Kier alpha value is -2.45. The molecule has 2 heterocycles. The highest BCUT2D eigenvalue weighted by molar-refractivity contribution is 7.89.